The molecule has 3 aromatic rings. The van der Waals surface area contributed by atoms with Crippen LogP contribution in [-0.4, -0.2) is 60.1 Å². The molecule has 0 bridgehead atoms. The van der Waals surface area contributed by atoms with Gasteiger partial charge in [-0.05, 0) is 70.0 Å². The second-order valence-corrected chi connectivity index (χ2v) is 11.2. The normalized spacial score (nSPS) is 19.5. The Balaban J connectivity index is 1.24. The third-order valence-electron chi connectivity index (χ3n) is 7.95. The van der Waals surface area contributed by atoms with Crippen molar-refractivity contribution < 1.29 is 22.7 Å². The van der Waals surface area contributed by atoms with Crippen LogP contribution in [0.3, 0.4) is 0 Å². The van der Waals surface area contributed by atoms with Crippen LogP contribution < -0.4 is 20.3 Å². The Hall–Kier alpha value is -3.86. The van der Waals surface area contributed by atoms with Crippen LogP contribution in [0, 0.1) is 12.8 Å². The molecule has 2 saturated heterocycles. The maximum Gasteiger partial charge on any atom is 0.416 e. The van der Waals surface area contributed by atoms with E-state index in [1.54, 1.807) is 12.3 Å². The summed E-state index contributed by atoms with van der Waals surface area (Å²) < 4.78 is 46.9. The van der Waals surface area contributed by atoms with Crippen LogP contribution in [0.5, 0.6) is 5.75 Å². The van der Waals surface area contributed by atoms with Crippen LogP contribution in [0.15, 0.2) is 54.7 Å². The number of halogens is 3. The molecule has 1 amide bonds. The number of nitrogens with one attached hydrogen (secondary N) is 2. The van der Waals surface area contributed by atoms with Crippen molar-refractivity contribution in [2.24, 2.45) is 5.92 Å². The van der Waals surface area contributed by atoms with Crippen molar-refractivity contribution in [3.8, 4) is 5.75 Å². The Morgan fingerprint density at radius 2 is 1.86 bits per heavy atom. The third kappa shape index (κ3) is 7.70. The average molecular weight is 583 g/mol. The number of ether oxygens (including phenoxy) is 1. The van der Waals surface area contributed by atoms with Crippen molar-refractivity contribution in [1.29, 1.82) is 0 Å². The van der Waals surface area contributed by atoms with Gasteiger partial charge in [0.2, 0.25) is 11.9 Å². The highest BCUT2D eigenvalue weighted by atomic mass is 19.4. The molecule has 5 rings (SSSR count). The molecule has 2 aromatic carbocycles. The summed E-state index contributed by atoms with van der Waals surface area (Å²) in [6, 6.07) is 13.6. The molecule has 42 heavy (non-hydrogen) atoms. The van der Waals surface area contributed by atoms with Crippen LogP contribution in [-0.2, 0) is 17.5 Å². The number of carbonyl (C=O) groups is 1. The standard InChI is InChI=1S/C31H37F3N6O2/c1-21-7-9-22(10-8-21)18-36-29(41)23-5-3-14-40(19-23)28-11-12-35-30(38-28)37-25-15-24(31(32,33)34)16-27(17-25)42-20-26-6-4-13-39(26)2/h7-12,15-17,23,26H,3-6,13-14,18-20H2,1-2H3,(H,36,41)(H,35,37,38)/t23-,26+/m0/s1. The van der Waals surface area contributed by atoms with Gasteiger partial charge < -0.3 is 25.2 Å². The number of hydrogen-bond donors (Lipinski definition) is 2. The SMILES string of the molecule is Cc1ccc(CNC(=O)[C@H]2CCCN(c3ccnc(Nc4cc(OC[C@H]5CCCN5C)cc(C(F)(F)F)c4)n3)C2)cc1. The third-order valence-corrected chi connectivity index (χ3v) is 7.95. The molecule has 0 unspecified atom stereocenters. The zero-order chi connectivity index (χ0) is 29.7. The predicted octanol–water partition coefficient (Wildman–Crippen LogP) is 5.55. The van der Waals surface area contributed by atoms with E-state index in [1.807, 2.05) is 43.1 Å². The van der Waals surface area contributed by atoms with E-state index in [1.165, 1.54) is 11.6 Å². The summed E-state index contributed by atoms with van der Waals surface area (Å²) in [5.74, 6) is 0.709. The first-order valence-corrected chi connectivity index (χ1v) is 14.4. The van der Waals surface area contributed by atoms with Crippen molar-refractivity contribution in [2.75, 3.05) is 43.5 Å². The Labute approximate surface area is 244 Å². The minimum absolute atomic E-state index is 0.00651. The van der Waals surface area contributed by atoms with E-state index in [9.17, 15) is 18.0 Å². The Morgan fingerprint density at radius 1 is 1.07 bits per heavy atom. The van der Waals surface area contributed by atoms with Gasteiger partial charge in [-0.15, -0.1) is 0 Å². The highest BCUT2D eigenvalue weighted by molar-refractivity contribution is 5.79. The van der Waals surface area contributed by atoms with E-state index in [0.29, 0.717) is 25.5 Å². The number of carbonyl (C=O) groups excluding carboxylic acids is 1. The Morgan fingerprint density at radius 3 is 2.60 bits per heavy atom. The van der Waals surface area contributed by atoms with Gasteiger partial charge in [-0.2, -0.15) is 18.2 Å². The number of rotatable bonds is 9. The number of piperidine rings is 1. The maximum absolute atomic E-state index is 13.7. The highest BCUT2D eigenvalue weighted by Gasteiger charge is 2.32. The van der Waals surface area contributed by atoms with Crippen LogP contribution in [0.1, 0.15) is 42.4 Å². The molecular weight excluding hydrogens is 545 g/mol. The summed E-state index contributed by atoms with van der Waals surface area (Å²) in [7, 11) is 1.99. The van der Waals surface area contributed by atoms with Crippen LogP contribution in [0.4, 0.5) is 30.6 Å². The van der Waals surface area contributed by atoms with Crippen molar-refractivity contribution >= 4 is 23.4 Å². The monoisotopic (exact) mass is 582 g/mol. The van der Waals surface area contributed by atoms with Crippen molar-refractivity contribution in [3.05, 3.63) is 71.4 Å². The van der Waals surface area contributed by atoms with Gasteiger partial charge in [0, 0.05) is 43.6 Å². The molecule has 2 N–H and O–H groups in total. The predicted molar refractivity (Wildman–Crippen MR) is 156 cm³/mol. The number of likely N-dealkylation sites (tertiary alicyclic amines) is 1. The first-order valence-electron chi connectivity index (χ1n) is 14.4. The van der Waals surface area contributed by atoms with Gasteiger partial charge in [-0.3, -0.25) is 4.79 Å². The molecule has 224 valence electrons. The number of likely N-dealkylation sites (N-methyl/N-ethyl adjacent to an activating group) is 1. The number of aromatic nitrogens is 2. The minimum Gasteiger partial charge on any atom is -0.492 e. The van der Waals surface area contributed by atoms with Crippen molar-refractivity contribution in [3.63, 3.8) is 0 Å². The number of amides is 1. The molecule has 2 aliphatic heterocycles. The molecule has 3 heterocycles. The molecule has 11 heteroatoms. The molecule has 1 aromatic heterocycles. The highest BCUT2D eigenvalue weighted by Crippen LogP contribution is 2.35. The molecular formula is C31H37F3N6O2. The van der Waals surface area contributed by atoms with Gasteiger partial charge in [-0.1, -0.05) is 29.8 Å². The second kappa shape index (κ2) is 13.0. The van der Waals surface area contributed by atoms with Gasteiger partial charge >= 0.3 is 6.18 Å². The number of alkyl halides is 3. The summed E-state index contributed by atoms with van der Waals surface area (Å²) in [4.78, 5) is 25.9. The number of aryl methyl sites for hydroxylation is 1. The first kappa shape index (κ1) is 29.6. The average Bonchev–Trinajstić information content (AvgIpc) is 3.39. The largest absolute Gasteiger partial charge is 0.492 e. The van der Waals surface area contributed by atoms with Gasteiger partial charge in [0.1, 0.15) is 18.2 Å². The summed E-state index contributed by atoms with van der Waals surface area (Å²) in [6.07, 6.45) is 0.616. The molecule has 2 atom stereocenters. The first-order chi connectivity index (χ1) is 20.1. The molecule has 0 spiro atoms. The number of hydrogen-bond acceptors (Lipinski definition) is 7. The minimum atomic E-state index is -4.54. The number of benzene rings is 2. The summed E-state index contributed by atoms with van der Waals surface area (Å²) in [5, 5.41) is 5.97. The summed E-state index contributed by atoms with van der Waals surface area (Å²) >= 11 is 0. The van der Waals surface area contributed by atoms with E-state index in [2.05, 4.69) is 25.5 Å². The van der Waals surface area contributed by atoms with E-state index < -0.39 is 11.7 Å². The van der Waals surface area contributed by atoms with Gasteiger partial charge in [0.25, 0.3) is 0 Å². The lowest BCUT2D eigenvalue weighted by molar-refractivity contribution is -0.137. The number of anilines is 3. The zero-order valence-corrected chi connectivity index (χ0v) is 24.0. The van der Waals surface area contributed by atoms with E-state index in [-0.39, 0.29) is 35.3 Å². The Kier molecular flexibility index (Phi) is 9.15. The van der Waals surface area contributed by atoms with Crippen LogP contribution in [0.2, 0.25) is 0 Å². The van der Waals surface area contributed by atoms with Gasteiger partial charge in [0.15, 0.2) is 0 Å². The summed E-state index contributed by atoms with van der Waals surface area (Å²) in [6.45, 7) is 4.97. The van der Waals surface area contributed by atoms with Crippen molar-refractivity contribution in [1.82, 2.24) is 20.2 Å². The topological polar surface area (TPSA) is 82.6 Å². The molecule has 0 radical (unpaired) electrons. The Bertz CT molecular complexity index is 1370. The van der Waals surface area contributed by atoms with Crippen molar-refractivity contribution in [2.45, 2.75) is 51.4 Å². The fourth-order valence-electron chi connectivity index (χ4n) is 5.45. The second-order valence-electron chi connectivity index (χ2n) is 11.2. The quantitative estimate of drug-likeness (QED) is 0.342. The lowest BCUT2D eigenvalue weighted by Gasteiger charge is -2.33. The summed E-state index contributed by atoms with van der Waals surface area (Å²) in [5.41, 5.74) is 1.58. The van der Waals surface area contributed by atoms with E-state index in [4.69, 9.17) is 4.74 Å². The molecule has 2 fully saturated rings. The van der Waals surface area contributed by atoms with E-state index in [0.717, 1.165) is 56.5 Å². The molecule has 2 aliphatic rings. The van der Waals surface area contributed by atoms with Crippen LogP contribution in [0.25, 0.3) is 0 Å². The fourth-order valence-corrected chi connectivity index (χ4v) is 5.45. The molecule has 0 aliphatic carbocycles. The lowest BCUT2D eigenvalue weighted by atomic mass is 9.97. The number of nitrogens with zero attached hydrogens (tertiary/aromatic N) is 4. The molecule has 0 saturated carbocycles. The van der Waals surface area contributed by atoms with Gasteiger partial charge in [-0.25, -0.2) is 4.98 Å². The van der Waals surface area contributed by atoms with E-state index >= 15 is 0 Å². The van der Waals surface area contributed by atoms with Crippen LogP contribution >= 0.6 is 0 Å². The molecule has 8 nitrogen and oxygen atoms in total. The fraction of sp³-hybridized carbons (Fsp3) is 0.452. The smallest absolute Gasteiger partial charge is 0.416 e. The van der Waals surface area contributed by atoms with Gasteiger partial charge in [0.05, 0.1) is 11.5 Å². The lowest BCUT2D eigenvalue weighted by Crippen LogP contribution is -2.43. The zero-order valence-electron chi connectivity index (χ0n) is 24.0. The maximum atomic E-state index is 13.7.